The van der Waals surface area contributed by atoms with Crippen LogP contribution >= 0.6 is 0 Å². The van der Waals surface area contributed by atoms with Gasteiger partial charge in [-0.25, -0.2) is 0 Å². The third kappa shape index (κ3) is 6.61. The van der Waals surface area contributed by atoms with Crippen LogP contribution in [0.25, 0.3) is 0 Å². The fourth-order valence-corrected chi connectivity index (χ4v) is 1.55. The maximum atomic E-state index is 11.7. The molecular weight excluding hydrogens is 282 g/mol. The van der Waals surface area contributed by atoms with Crippen molar-refractivity contribution in [2.45, 2.75) is 40.5 Å². The van der Waals surface area contributed by atoms with E-state index in [0.717, 1.165) is 12.2 Å². The molecule has 0 spiro atoms. The molecule has 1 rings (SSSR count). The van der Waals surface area contributed by atoms with Crippen LogP contribution in [0.4, 0.5) is 0 Å². The minimum Gasteiger partial charge on any atom is -0.494 e. The largest absolute Gasteiger partial charge is 0.494 e. The maximum absolute atomic E-state index is 11.7. The van der Waals surface area contributed by atoms with Crippen molar-refractivity contribution in [2.24, 2.45) is 5.41 Å². The van der Waals surface area contributed by atoms with Crippen LogP contribution in [0.15, 0.2) is 24.3 Å². The number of carbonyl (C=O) groups is 2. The molecular formula is C17H25NO4. The Balaban J connectivity index is 2.34. The van der Waals surface area contributed by atoms with Crippen molar-refractivity contribution in [3.63, 3.8) is 0 Å². The Bertz CT molecular complexity index is 488. The Kier molecular flexibility index (Phi) is 6.89. The standard InChI is InChI=1S/C17H25NO4/c1-5-12-21-13-6-8-14(9-7-13)22-15(19)10-11-18-16(20)17(2,3)4/h6-9H,5,10-12H2,1-4H3,(H,18,20). The summed E-state index contributed by atoms with van der Waals surface area (Å²) in [7, 11) is 0. The van der Waals surface area contributed by atoms with Gasteiger partial charge < -0.3 is 14.8 Å². The number of ether oxygens (including phenoxy) is 2. The highest BCUT2D eigenvalue weighted by Crippen LogP contribution is 2.18. The van der Waals surface area contributed by atoms with Crippen molar-refractivity contribution in [1.29, 1.82) is 0 Å². The molecule has 0 bridgehead atoms. The summed E-state index contributed by atoms with van der Waals surface area (Å²) < 4.78 is 10.6. The van der Waals surface area contributed by atoms with Crippen molar-refractivity contribution < 1.29 is 19.1 Å². The van der Waals surface area contributed by atoms with Crippen molar-refractivity contribution in [1.82, 2.24) is 5.32 Å². The molecule has 0 atom stereocenters. The van der Waals surface area contributed by atoms with Gasteiger partial charge in [0, 0.05) is 12.0 Å². The van der Waals surface area contributed by atoms with Crippen LogP contribution in [0, 0.1) is 5.41 Å². The Labute approximate surface area is 132 Å². The highest BCUT2D eigenvalue weighted by atomic mass is 16.5. The number of amides is 1. The molecule has 122 valence electrons. The number of carbonyl (C=O) groups excluding carboxylic acids is 2. The summed E-state index contributed by atoms with van der Waals surface area (Å²) >= 11 is 0. The summed E-state index contributed by atoms with van der Waals surface area (Å²) in [6.07, 6.45) is 1.08. The van der Waals surface area contributed by atoms with Gasteiger partial charge in [0.15, 0.2) is 0 Å². The molecule has 0 aromatic heterocycles. The zero-order valence-corrected chi connectivity index (χ0v) is 13.8. The molecule has 0 fully saturated rings. The number of benzene rings is 1. The molecule has 0 radical (unpaired) electrons. The van der Waals surface area contributed by atoms with E-state index < -0.39 is 5.41 Å². The Morgan fingerprint density at radius 2 is 1.68 bits per heavy atom. The molecule has 5 heteroatoms. The molecule has 0 aliphatic rings. The van der Waals surface area contributed by atoms with Gasteiger partial charge in [-0.1, -0.05) is 27.7 Å². The fraction of sp³-hybridized carbons (Fsp3) is 0.529. The van der Waals surface area contributed by atoms with E-state index in [-0.39, 0.29) is 24.8 Å². The van der Waals surface area contributed by atoms with Gasteiger partial charge >= 0.3 is 5.97 Å². The first-order chi connectivity index (χ1) is 10.3. The summed E-state index contributed by atoms with van der Waals surface area (Å²) in [5.41, 5.74) is -0.460. The summed E-state index contributed by atoms with van der Waals surface area (Å²) in [5, 5.41) is 2.71. The fourth-order valence-electron chi connectivity index (χ4n) is 1.55. The average molecular weight is 307 g/mol. The number of nitrogens with one attached hydrogen (secondary N) is 1. The summed E-state index contributed by atoms with van der Waals surface area (Å²) in [6, 6.07) is 6.91. The molecule has 1 N–H and O–H groups in total. The van der Waals surface area contributed by atoms with Crippen LogP contribution < -0.4 is 14.8 Å². The molecule has 0 unspecified atom stereocenters. The minimum absolute atomic E-state index is 0.0854. The van der Waals surface area contributed by atoms with Crippen LogP contribution in [0.3, 0.4) is 0 Å². The van der Waals surface area contributed by atoms with Crippen LogP contribution in [-0.4, -0.2) is 25.0 Å². The highest BCUT2D eigenvalue weighted by molar-refractivity contribution is 5.82. The second-order valence-corrected chi connectivity index (χ2v) is 6.05. The molecule has 1 aromatic carbocycles. The van der Waals surface area contributed by atoms with Gasteiger partial charge in [0.25, 0.3) is 0 Å². The summed E-state index contributed by atoms with van der Waals surface area (Å²) in [6.45, 7) is 8.43. The van der Waals surface area contributed by atoms with E-state index >= 15 is 0 Å². The molecule has 22 heavy (non-hydrogen) atoms. The smallest absolute Gasteiger partial charge is 0.312 e. The zero-order chi connectivity index (χ0) is 16.6. The van der Waals surface area contributed by atoms with Crippen LogP contribution in [0.1, 0.15) is 40.5 Å². The number of rotatable bonds is 7. The molecule has 0 aliphatic carbocycles. The van der Waals surface area contributed by atoms with Crippen molar-refractivity contribution in [3.05, 3.63) is 24.3 Å². The quantitative estimate of drug-likeness (QED) is 0.621. The van der Waals surface area contributed by atoms with Gasteiger partial charge in [0.1, 0.15) is 11.5 Å². The van der Waals surface area contributed by atoms with Gasteiger partial charge in [0.2, 0.25) is 5.91 Å². The SMILES string of the molecule is CCCOc1ccc(OC(=O)CCNC(=O)C(C)(C)C)cc1. The number of esters is 1. The molecule has 0 aliphatic heterocycles. The molecule has 0 heterocycles. The monoisotopic (exact) mass is 307 g/mol. The zero-order valence-electron chi connectivity index (χ0n) is 13.8. The van der Waals surface area contributed by atoms with Crippen molar-refractivity contribution >= 4 is 11.9 Å². The third-order valence-corrected chi connectivity index (χ3v) is 2.82. The van der Waals surface area contributed by atoms with Gasteiger partial charge in [-0.15, -0.1) is 0 Å². The minimum atomic E-state index is -0.460. The predicted octanol–water partition coefficient (Wildman–Crippen LogP) is 2.93. The topological polar surface area (TPSA) is 64.6 Å². The van der Waals surface area contributed by atoms with E-state index in [4.69, 9.17) is 9.47 Å². The van der Waals surface area contributed by atoms with E-state index in [1.165, 1.54) is 0 Å². The Hall–Kier alpha value is -2.04. The maximum Gasteiger partial charge on any atom is 0.312 e. The first-order valence-electron chi connectivity index (χ1n) is 7.54. The lowest BCUT2D eigenvalue weighted by molar-refractivity contribution is -0.134. The predicted molar refractivity (Wildman–Crippen MR) is 84.9 cm³/mol. The number of hydrogen-bond donors (Lipinski definition) is 1. The third-order valence-electron chi connectivity index (χ3n) is 2.82. The van der Waals surface area contributed by atoms with Crippen LogP contribution in [0.2, 0.25) is 0 Å². The van der Waals surface area contributed by atoms with Crippen LogP contribution in [0.5, 0.6) is 11.5 Å². The lowest BCUT2D eigenvalue weighted by atomic mass is 9.96. The molecule has 1 amide bonds. The van der Waals surface area contributed by atoms with E-state index in [0.29, 0.717) is 12.4 Å². The highest BCUT2D eigenvalue weighted by Gasteiger charge is 2.20. The van der Waals surface area contributed by atoms with Gasteiger partial charge in [-0.2, -0.15) is 0 Å². The van der Waals surface area contributed by atoms with E-state index in [9.17, 15) is 9.59 Å². The normalized spacial score (nSPS) is 10.9. The van der Waals surface area contributed by atoms with E-state index in [2.05, 4.69) is 5.32 Å². The van der Waals surface area contributed by atoms with E-state index in [1.807, 2.05) is 27.7 Å². The Morgan fingerprint density at radius 3 is 2.23 bits per heavy atom. The first kappa shape index (κ1) is 18.0. The van der Waals surface area contributed by atoms with Gasteiger partial charge in [0.05, 0.1) is 13.0 Å². The molecule has 5 nitrogen and oxygen atoms in total. The second-order valence-electron chi connectivity index (χ2n) is 6.05. The second kappa shape index (κ2) is 8.41. The molecule has 1 aromatic rings. The average Bonchev–Trinajstić information content (AvgIpc) is 2.45. The molecule has 0 saturated carbocycles. The summed E-state index contributed by atoms with van der Waals surface area (Å²) in [5.74, 6) is 0.754. The lowest BCUT2D eigenvalue weighted by Crippen LogP contribution is -2.36. The summed E-state index contributed by atoms with van der Waals surface area (Å²) in [4.78, 5) is 23.3. The molecule has 0 saturated heterocycles. The van der Waals surface area contributed by atoms with Gasteiger partial charge in [-0.3, -0.25) is 9.59 Å². The van der Waals surface area contributed by atoms with Crippen molar-refractivity contribution in [2.75, 3.05) is 13.2 Å². The van der Waals surface area contributed by atoms with Crippen LogP contribution in [-0.2, 0) is 9.59 Å². The van der Waals surface area contributed by atoms with E-state index in [1.54, 1.807) is 24.3 Å². The van der Waals surface area contributed by atoms with Crippen molar-refractivity contribution in [3.8, 4) is 11.5 Å². The Morgan fingerprint density at radius 1 is 1.09 bits per heavy atom. The lowest BCUT2D eigenvalue weighted by Gasteiger charge is -2.17. The first-order valence-corrected chi connectivity index (χ1v) is 7.54. The number of hydrogen-bond acceptors (Lipinski definition) is 4. The van der Waals surface area contributed by atoms with Gasteiger partial charge in [-0.05, 0) is 30.7 Å².